The fourth-order valence-corrected chi connectivity index (χ4v) is 3.61. The lowest BCUT2D eigenvalue weighted by Crippen LogP contribution is -2.47. The number of hydrogen-bond donors (Lipinski definition) is 0. The highest BCUT2D eigenvalue weighted by molar-refractivity contribution is 6.35. The van der Waals surface area contributed by atoms with Gasteiger partial charge in [0, 0.05) is 32.3 Å². The van der Waals surface area contributed by atoms with Crippen molar-refractivity contribution in [3.05, 3.63) is 45.6 Å². The average molecular weight is 389 g/mol. The maximum Gasteiger partial charge on any atom is 0.277 e. The van der Waals surface area contributed by atoms with Gasteiger partial charge in [0.2, 0.25) is 0 Å². The molecule has 2 unspecified atom stereocenters. The molecule has 9 nitrogen and oxygen atoms in total. The Bertz CT molecular complexity index is 809. The van der Waals surface area contributed by atoms with Crippen LogP contribution in [0.5, 0.6) is 0 Å². The van der Waals surface area contributed by atoms with Gasteiger partial charge in [-0.3, -0.25) is 24.6 Å². The molecule has 1 aromatic rings. The first-order valence-electron chi connectivity index (χ1n) is 9.08. The third-order valence-corrected chi connectivity index (χ3v) is 4.77. The molecule has 2 atom stereocenters. The Labute approximate surface area is 162 Å². The zero-order valence-electron chi connectivity index (χ0n) is 16.1. The van der Waals surface area contributed by atoms with E-state index in [-0.39, 0.29) is 42.5 Å². The zero-order valence-corrected chi connectivity index (χ0v) is 16.1. The summed E-state index contributed by atoms with van der Waals surface area (Å²) < 4.78 is 10.8. The third kappa shape index (κ3) is 3.76. The first kappa shape index (κ1) is 20.0. The van der Waals surface area contributed by atoms with Crippen LogP contribution in [0.1, 0.15) is 19.4 Å². The van der Waals surface area contributed by atoms with Gasteiger partial charge in [-0.25, -0.2) is 0 Å². The van der Waals surface area contributed by atoms with E-state index in [4.69, 9.17) is 9.47 Å². The minimum absolute atomic E-state index is 0.0764. The number of imide groups is 1. The standard InChI is InChI=1S/C19H23N3O6/c1-12-10-20(11-13(2)28-12)17-16(14-4-6-15(7-5-14)22(25)26)18(23)21(19(17)24)8-9-27-3/h4-7,12-13H,8-11H2,1-3H3. The van der Waals surface area contributed by atoms with E-state index < -0.39 is 10.8 Å². The van der Waals surface area contributed by atoms with Crippen LogP contribution >= 0.6 is 0 Å². The highest BCUT2D eigenvalue weighted by Crippen LogP contribution is 2.33. The molecule has 2 aliphatic rings. The predicted octanol–water partition coefficient (Wildman–Crippen LogP) is 1.43. The normalized spacial score (nSPS) is 23.0. The number of rotatable bonds is 6. The van der Waals surface area contributed by atoms with Gasteiger partial charge in [-0.1, -0.05) is 0 Å². The maximum atomic E-state index is 13.1. The molecule has 0 radical (unpaired) electrons. The van der Waals surface area contributed by atoms with Crippen LogP contribution in [0.4, 0.5) is 5.69 Å². The molecule has 28 heavy (non-hydrogen) atoms. The van der Waals surface area contributed by atoms with Crippen molar-refractivity contribution in [2.24, 2.45) is 0 Å². The molecular weight excluding hydrogens is 366 g/mol. The molecule has 150 valence electrons. The number of hydrogen-bond acceptors (Lipinski definition) is 7. The lowest BCUT2D eigenvalue weighted by Gasteiger charge is -2.37. The number of nitrogens with zero attached hydrogens (tertiary/aromatic N) is 3. The highest BCUT2D eigenvalue weighted by atomic mass is 16.6. The molecule has 0 aromatic heterocycles. The molecule has 1 saturated heterocycles. The SMILES string of the molecule is COCCN1C(=O)C(c2ccc([N+](=O)[O-])cc2)=C(N2CC(C)OC(C)C2)C1=O. The van der Waals surface area contributed by atoms with Crippen LogP contribution in [-0.2, 0) is 19.1 Å². The van der Waals surface area contributed by atoms with Crippen molar-refractivity contribution >= 4 is 23.1 Å². The summed E-state index contributed by atoms with van der Waals surface area (Å²) in [5, 5.41) is 10.9. The molecule has 9 heteroatoms. The second-order valence-electron chi connectivity index (χ2n) is 6.94. The molecule has 1 aromatic carbocycles. The Hall–Kier alpha value is -2.78. The van der Waals surface area contributed by atoms with Gasteiger partial charge in [0.15, 0.2) is 0 Å². The van der Waals surface area contributed by atoms with Gasteiger partial charge in [0.05, 0.1) is 35.9 Å². The summed E-state index contributed by atoms with van der Waals surface area (Å²) in [5.74, 6) is -0.797. The summed E-state index contributed by atoms with van der Waals surface area (Å²) in [7, 11) is 1.50. The summed E-state index contributed by atoms with van der Waals surface area (Å²) in [5.41, 5.74) is 0.979. The van der Waals surface area contributed by atoms with Crippen LogP contribution in [0.2, 0.25) is 0 Å². The van der Waals surface area contributed by atoms with Crippen molar-refractivity contribution in [2.75, 3.05) is 33.4 Å². The predicted molar refractivity (Wildman–Crippen MR) is 100 cm³/mol. The Kier molecular flexibility index (Phi) is 5.76. The highest BCUT2D eigenvalue weighted by Gasteiger charge is 2.42. The molecule has 0 N–H and O–H groups in total. The van der Waals surface area contributed by atoms with Crippen molar-refractivity contribution in [1.29, 1.82) is 0 Å². The topological polar surface area (TPSA) is 102 Å². The average Bonchev–Trinajstić information content (AvgIpc) is 2.89. The number of benzene rings is 1. The van der Waals surface area contributed by atoms with E-state index in [0.29, 0.717) is 24.4 Å². The summed E-state index contributed by atoms with van der Waals surface area (Å²) in [6.45, 7) is 5.16. The van der Waals surface area contributed by atoms with Crippen LogP contribution in [0.3, 0.4) is 0 Å². The summed E-state index contributed by atoms with van der Waals surface area (Å²) in [4.78, 5) is 39.6. The van der Waals surface area contributed by atoms with Gasteiger partial charge in [-0.05, 0) is 31.5 Å². The number of carbonyl (C=O) groups is 2. The van der Waals surface area contributed by atoms with Gasteiger partial charge in [0.1, 0.15) is 5.70 Å². The van der Waals surface area contributed by atoms with Crippen LogP contribution in [0, 0.1) is 10.1 Å². The van der Waals surface area contributed by atoms with E-state index in [1.165, 1.54) is 36.3 Å². The molecule has 2 heterocycles. The van der Waals surface area contributed by atoms with Crippen molar-refractivity contribution in [3.8, 4) is 0 Å². The van der Waals surface area contributed by atoms with E-state index in [2.05, 4.69) is 0 Å². The van der Waals surface area contributed by atoms with Crippen molar-refractivity contribution in [1.82, 2.24) is 9.80 Å². The molecule has 0 spiro atoms. The number of carbonyl (C=O) groups excluding carboxylic acids is 2. The van der Waals surface area contributed by atoms with Crippen LogP contribution in [0.15, 0.2) is 30.0 Å². The second-order valence-corrected chi connectivity index (χ2v) is 6.94. The number of ether oxygens (including phenoxy) is 2. The fourth-order valence-electron chi connectivity index (χ4n) is 3.61. The number of nitro groups is 1. The lowest BCUT2D eigenvalue weighted by molar-refractivity contribution is -0.384. The Morgan fingerprint density at radius 3 is 2.29 bits per heavy atom. The second kappa shape index (κ2) is 8.07. The summed E-state index contributed by atoms with van der Waals surface area (Å²) in [6.07, 6.45) is -0.185. The Morgan fingerprint density at radius 2 is 1.75 bits per heavy atom. The first-order chi connectivity index (χ1) is 13.3. The molecular formula is C19H23N3O6. The monoisotopic (exact) mass is 389 g/mol. The first-order valence-corrected chi connectivity index (χ1v) is 9.08. The van der Waals surface area contributed by atoms with E-state index in [9.17, 15) is 19.7 Å². The van der Waals surface area contributed by atoms with Gasteiger partial charge in [-0.2, -0.15) is 0 Å². The zero-order chi connectivity index (χ0) is 20.4. The molecule has 2 aliphatic heterocycles. The summed E-state index contributed by atoms with van der Waals surface area (Å²) >= 11 is 0. The van der Waals surface area contributed by atoms with Gasteiger partial charge in [-0.15, -0.1) is 0 Å². The largest absolute Gasteiger partial charge is 0.383 e. The third-order valence-electron chi connectivity index (χ3n) is 4.77. The van der Waals surface area contributed by atoms with Crippen LogP contribution < -0.4 is 0 Å². The number of morpholine rings is 1. The lowest BCUT2D eigenvalue weighted by atomic mass is 10.0. The van der Waals surface area contributed by atoms with Crippen LogP contribution in [0.25, 0.3) is 5.57 Å². The van der Waals surface area contributed by atoms with Crippen molar-refractivity contribution in [2.45, 2.75) is 26.1 Å². The summed E-state index contributed by atoms with van der Waals surface area (Å²) in [6, 6.07) is 5.68. The van der Waals surface area contributed by atoms with Crippen molar-refractivity contribution < 1.29 is 24.0 Å². The minimum Gasteiger partial charge on any atom is -0.383 e. The molecule has 0 aliphatic carbocycles. The van der Waals surface area contributed by atoms with E-state index in [1.807, 2.05) is 18.7 Å². The quantitative estimate of drug-likeness (QED) is 0.412. The Balaban J connectivity index is 2.04. The molecule has 1 fully saturated rings. The Morgan fingerprint density at radius 1 is 1.14 bits per heavy atom. The van der Waals surface area contributed by atoms with Gasteiger partial charge < -0.3 is 14.4 Å². The van der Waals surface area contributed by atoms with E-state index in [1.54, 1.807) is 0 Å². The number of non-ortho nitro benzene ring substituents is 1. The van der Waals surface area contributed by atoms with Gasteiger partial charge in [0.25, 0.3) is 17.5 Å². The minimum atomic E-state index is -0.503. The van der Waals surface area contributed by atoms with E-state index >= 15 is 0 Å². The van der Waals surface area contributed by atoms with Gasteiger partial charge >= 0.3 is 0 Å². The fraction of sp³-hybridized carbons (Fsp3) is 0.474. The molecule has 3 rings (SSSR count). The maximum absolute atomic E-state index is 13.1. The van der Waals surface area contributed by atoms with E-state index in [0.717, 1.165) is 0 Å². The smallest absolute Gasteiger partial charge is 0.277 e. The number of methoxy groups -OCH3 is 1. The molecule has 0 bridgehead atoms. The number of nitro benzene ring substituents is 1. The van der Waals surface area contributed by atoms with Crippen LogP contribution in [-0.4, -0.2) is 72.1 Å². The number of amides is 2. The van der Waals surface area contributed by atoms with Crippen molar-refractivity contribution in [3.63, 3.8) is 0 Å². The molecule has 2 amide bonds. The molecule has 0 saturated carbocycles.